The second-order valence-electron chi connectivity index (χ2n) is 4.92. The summed E-state index contributed by atoms with van der Waals surface area (Å²) in [6.07, 6.45) is 1.75. The van der Waals surface area contributed by atoms with Gasteiger partial charge in [-0.05, 0) is 24.6 Å². The highest BCUT2D eigenvalue weighted by atomic mass is 16.5. The van der Waals surface area contributed by atoms with Crippen molar-refractivity contribution in [2.24, 2.45) is 0 Å². The number of nitrogens with zero attached hydrogens (tertiary/aromatic N) is 1. The molecule has 0 aliphatic rings. The molecule has 0 fully saturated rings. The third kappa shape index (κ3) is 3.21. The normalized spacial score (nSPS) is 10.4. The van der Waals surface area contributed by atoms with Crippen molar-refractivity contribution in [3.05, 3.63) is 23.9 Å². The third-order valence-electron chi connectivity index (χ3n) is 3.30. The molecular formula is C16H21N3O3. The Hall–Kier alpha value is -2.50. The minimum absolute atomic E-state index is 0.137. The lowest BCUT2D eigenvalue weighted by atomic mass is 10.1. The number of hydrogen-bond donors (Lipinski definition) is 2. The van der Waals surface area contributed by atoms with Gasteiger partial charge >= 0.3 is 0 Å². The number of aromatic amines is 1. The average molecular weight is 303 g/mol. The van der Waals surface area contributed by atoms with Crippen LogP contribution in [-0.4, -0.2) is 30.3 Å². The van der Waals surface area contributed by atoms with E-state index < -0.39 is 0 Å². The van der Waals surface area contributed by atoms with Gasteiger partial charge in [0.15, 0.2) is 0 Å². The van der Waals surface area contributed by atoms with Gasteiger partial charge in [0.05, 0.1) is 25.6 Å². The molecular weight excluding hydrogens is 282 g/mol. The van der Waals surface area contributed by atoms with Crippen molar-refractivity contribution in [2.75, 3.05) is 19.5 Å². The molecule has 2 rings (SSSR count). The van der Waals surface area contributed by atoms with Gasteiger partial charge in [0.2, 0.25) is 5.91 Å². The number of aromatic nitrogens is 2. The van der Waals surface area contributed by atoms with Crippen LogP contribution in [0, 0.1) is 0 Å². The molecule has 2 aromatic rings. The number of ether oxygens (including phenoxy) is 2. The van der Waals surface area contributed by atoms with Gasteiger partial charge < -0.3 is 14.8 Å². The van der Waals surface area contributed by atoms with Crippen LogP contribution in [0.3, 0.4) is 0 Å². The molecule has 0 bridgehead atoms. The summed E-state index contributed by atoms with van der Waals surface area (Å²) in [4.78, 5) is 11.5. The van der Waals surface area contributed by atoms with E-state index in [-0.39, 0.29) is 5.91 Å². The number of nitrogens with one attached hydrogen (secondary N) is 2. The number of carbonyl (C=O) groups excluding carboxylic acids is 1. The molecule has 1 aromatic carbocycles. The second-order valence-corrected chi connectivity index (χ2v) is 4.92. The lowest BCUT2D eigenvalue weighted by Gasteiger charge is -2.11. The molecule has 1 amide bonds. The minimum atomic E-state index is -0.137. The van der Waals surface area contributed by atoms with E-state index in [4.69, 9.17) is 9.47 Å². The molecule has 1 aromatic heterocycles. The highest BCUT2D eigenvalue weighted by molar-refractivity contribution is 5.95. The Labute approximate surface area is 129 Å². The van der Waals surface area contributed by atoms with Crippen molar-refractivity contribution in [2.45, 2.75) is 26.7 Å². The van der Waals surface area contributed by atoms with Crippen LogP contribution in [0.15, 0.2) is 18.2 Å². The molecule has 0 saturated heterocycles. The highest BCUT2D eigenvalue weighted by Crippen LogP contribution is 2.37. The number of anilines is 1. The first-order valence-electron chi connectivity index (χ1n) is 7.17. The zero-order valence-corrected chi connectivity index (χ0v) is 13.3. The van der Waals surface area contributed by atoms with Crippen LogP contribution >= 0.6 is 0 Å². The molecule has 118 valence electrons. The van der Waals surface area contributed by atoms with E-state index in [1.807, 2.05) is 18.2 Å². The Morgan fingerprint density at radius 2 is 2.09 bits per heavy atom. The second kappa shape index (κ2) is 6.98. The molecule has 0 radical (unpaired) electrons. The molecule has 0 aliphatic heterocycles. The van der Waals surface area contributed by atoms with Crippen LogP contribution in [0.25, 0.3) is 11.3 Å². The van der Waals surface area contributed by atoms with Crippen LogP contribution in [0.5, 0.6) is 11.5 Å². The summed E-state index contributed by atoms with van der Waals surface area (Å²) >= 11 is 0. The SMILES string of the molecule is CCCc1[nH]nc(-c2cc(OC)ccc2OC)c1NC(C)=O. The Morgan fingerprint density at radius 1 is 1.32 bits per heavy atom. The molecule has 2 N–H and O–H groups in total. The fourth-order valence-corrected chi connectivity index (χ4v) is 2.31. The first-order valence-corrected chi connectivity index (χ1v) is 7.17. The van der Waals surface area contributed by atoms with Gasteiger partial charge in [-0.3, -0.25) is 9.89 Å². The summed E-state index contributed by atoms with van der Waals surface area (Å²) in [5, 5.41) is 10.2. The van der Waals surface area contributed by atoms with Gasteiger partial charge in [-0.15, -0.1) is 0 Å². The largest absolute Gasteiger partial charge is 0.497 e. The minimum Gasteiger partial charge on any atom is -0.497 e. The van der Waals surface area contributed by atoms with Crippen molar-refractivity contribution >= 4 is 11.6 Å². The smallest absolute Gasteiger partial charge is 0.221 e. The van der Waals surface area contributed by atoms with Crippen LogP contribution in [0.1, 0.15) is 26.0 Å². The van der Waals surface area contributed by atoms with Crippen LogP contribution in [-0.2, 0) is 11.2 Å². The molecule has 6 nitrogen and oxygen atoms in total. The third-order valence-corrected chi connectivity index (χ3v) is 3.30. The van der Waals surface area contributed by atoms with Crippen molar-refractivity contribution < 1.29 is 14.3 Å². The molecule has 6 heteroatoms. The van der Waals surface area contributed by atoms with Gasteiger partial charge in [-0.1, -0.05) is 13.3 Å². The predicted molar refractivity (Wildman–Crippen MR) is 85.4 cm³/mol. The first-order chi connectivity index (χ1) is 10.6. The zero-order valence-electron chi connectivity index (χ0n) is 13.3. The summed E-state index contributed by atoms with van der Waals surface area (Å²) in [6.45, 7) is 3.56. The van der Waals surface area contributed by atoms with E-state index in [1.54, 1.807) is 14.2 Å². The summed E-state index contributed by atoms with van der Waals surface area (Å²) in [5.41, 5.74) is 3.01. The topological polar surface area (TPSA) is 76.2 Å². The fourth-order valence-electron chi connectivity index (χ4n) is 2.31. The molecule has 0 atom stereocenters. The molecule has 0 aliphatic carbocycles. The molecule has 0 spiro atoms. The van der Waals surface area contributed by atoms with Gasteiger partial charge in [-0.2, -0.15) is 5.10 Å². The number of aryl methyl sites for hydroxylation is 1. The quantitative estimate of drug-likeness (QED) is 0.860. The van der Waals surface area contributed by atoms with E-state index in [0.29, 0.717) is 22.9 Å². The lowest BCUT2D eigenvalue weighted by Crippen LogP contribution is -2.08. The number of methoxy groups -OCH3 is 2. The standard InChI is InChI=1S/C16H21N3O3/c1-5-6-13-16(17-10(2)20)15(19-18-13)12-9-11(21-3)7-8-14(12)22-4/h7-9H,5-6H2,1-4H3,(H,17,20)(H,18,19). The lowest BCUT2D eigenvalue weighted by molar-refractivity contribution is -0.114. The fraction of sp³-hybridized carbons (Fsp3) is 0.375. The summed E-state index contributed by atoms with van der Waals surface area (Å²) in [6, 6.07) is 5.48. The number of H-pyrrole nitrogens is 1. The van der Waals surface area contributed by atoms with Crippen molar-refractivity contribution in [3.8, 4) is 22.8 Å². The predicted octanol–water partition coefficient (Wildman–Crippen LogP) is 3.00. The maximum atomic E-state index is 11.5. The maximum Gasteiger partial charge on any atom is 0.221 e. The van der Waals surface area contributed by atoms with Crippen LogP contribution in [0.2, 0.25) is 0 Å². The van der Waals surface area contributed by atoms with Gasteiger partial charge in [0, 0.05) is 12.5 Å². The molecule has 0 unspecified atom stereocenters. The molecule has 1 heterocycles. The first kappa shape index (κ1) is 15.9. The number of carbonyl (C=O) groups is 1. The molecule has 0 saturated carbocycles. The van der Waals surface area contributed by atoms with Crippen molar-refractivity contribution in [1.29, 1.82) is 0 Å². The Balaban J connectivity index is 2.58. The van der Waals surface area contributed by atoms with Crippen molar-refractivity contribution in [1.82, 2.24) is 10.2 Å². The average Bonchev–Trinajstić information content (AvgIpc) is 2.89. The number of amides is 1. The molecule has 22 heavy (non-hydrogen) atoms. The Bertz CT molecular complexity index is 665. The van der Waals surface area contributed by atoms with E-state index in [9.17, 15) is 4.79 Å². The number of hydrogen-bond acceptors (Lipinski definition) is 4. The number of rotatable bonds is 6. The summed E-state index contributed by atoms with van der Waals surface area (Å²) in [7, 11) is 3.20. The van der Waals surface area contributed by atoms with E-state index in [2.05, 4.69) is 22.4 Å². The number of benzene rings is 1. The van der Waals surface area contributed by atoms with E-state index in [0.717, 1.165) is 24.1 Å². The monoisotopic (exact) mass is 303 g/mol. The summed E-state index contributed by atoms with van der Waals surface area (Å²) in [5.74, 6) is 1.23. The maximum absolute atomic E-state index is 11.5. The van der Waals surface area contributed by atoms with Gasteiger partial charge in [0.1, 0.15) is 17.2 Å². The summed E-state index contributed by atoms with van der Waals surface area (Å²) < 4.78 is 10.7. The van der Waals surface area contributed by atoms with E-state index >= 15 is 0 Å². The van der Waals surface area contributed by atoms with Crippen LogP contribution < -0.4 is 14.8 Å². The highest BCUT2D eigenvalue weighted by Gasteiger charge is 2.19. The van der Waals surface area contributed by atoms with Gasteiger partial charge in [-0.25, -0.2) is 0 Å². The Kier molecular flexibility index (Phi) is 5.04. The Morgan fingerprint density at radius 3 is 2.68 bits per heavy atom. The zero-order chi connectivity index (χ0) is 16.1. The van der Waals surface area contributed by atoms with Gasteiger partial charge in [0.25, 0.3) is 0 Å². The van der Waals surface area contributed by atoms with Crippen LogP contribution in [0.4, 0.5) is 5.69 Å². The van der Waals surface area contributed by atoms with E-state index in [1.165, 1.54) is 6.92 Å². The van der Waals surface area contributed by atoms with Crippen molar-refractivity contribution in [3.63, 3.8) is 0 Å².